The lowest BCUT2D eigenvalue weighted by molar-refractivity contribution is -0.385. The summed E-state index contributed by atoms with van der Waals surface area (Å²) in [5.74, 6) is 0.387. The molecule has 0 aliphatic carbocycles. The van der Waals surface area contributed by atoms with Crippen LogP contribution < -0.4 is 5.73 Å². The third-order valence-electron chi connectivity index (χ3n) is 2.40. The van der Waals surface area contributed by atoms with E-state index in [0.717, 1.165) is 0 Å². The van der Waals surface area contributed by atoms with Crippen LogP contribution >= 0.6 is 23.4 Å². The fourth-order valence-corrected chi connectivity index (χ4v) is 2.61. The van der Waals surface area contributed by atoms with E-state index < -0.39 is 4.92 Å². The number of thioether (sulfide) groups is 1. The number of aromatic nitrogens is 1. The zero-order valence-corrected chi connectivity index (χ0v) is 11.3. The van der Waals surface area contributed by atoms with E-state index in [9.17, 15) is 10.1 Å². The van der Waals surface area contributed by atoms with Gasteiger partial charge in [0.25, 0.3) is 5.69 Å². The van der Waals surface area contributed by atoms with E-state index in [1.54, 1.807) is 24.4 Å². The van der Waals surface area contributed by atoms with Crippen molar-refractivity contribution in [2.24, 2.45) is 0 Å². The second kappa shape index (κ2) is 5.90. The fourth-order valence-electron chi connectivity index (χ4n) is 1.52. The molecule has 0 bridgehead atoms. The molecule has 0 aliphatic rings. The van der Waals surface area contributed by atoms with Crippen LogP contribution in [0.25, 0.3) is 0 Å². The summed E-state index contributed by atoms with van der Waals surface area (Å²) in [4.78, 5) is 14.6. The quantitative estimate of drug-likeness (QED) is 0.530. The number of nitro benzene ring substituents is 1. The molecule has 5 nitrogen and oxygen atoms in total. The van der Waals surface area contributed by atoms with Gasteiger partial charge in [-0.05, 0) is 24.3 Å². The highest BCUT2D eigenvalue weighted by molar-refractivity contribution is 7.98. The number of hydrogen-bond acceptors (Lipinski definition) is 5. The molecule has 0 aliphatic heterocycles. The van der Waals surface area contributed by atoms with Crippen molar-refractivity contribution in [3.63, 3.8) is 0 Å². The van der Waals surface area contributed by atoms with Gasteiger partial charge in [0.05, 0.1) is 10.6 Å². The van der Waals surface area contributed by atoms with Gasteiger partial charge in [-0.2, -0.15) is 0 Å². The van der Waals surface area contributed by atoms with E-state index in [0.29, 0.717) is 27.1 Å². The number of anilines is 1. The minimum absolute atomic E-state index is 0.0476. The van der Waals surface area contributed by atoms with Crippen molar-refractivity contribution in [1.82, 2.24) is 4.98 Å². The predicted octanol–water partition coefficient (Wildman–Crippen LogP) is 3.52. The standard InChI is InChI=1S/C12H10ClN3O2S/c13-9-3-4-11(16(17)18)8(6-9)7-19-12-10(14)2-1-5-15-12/h1-6H,7,14H2. The van der Waals surface area contributed by atoms with E-state index in [-0.39, 0.29) is 5.69 Å². The third kappa shape index (κ3) is 3.36. The molecule has 2 aromatic rings. The van der Waals surface area contributed by atoms with Gasteiger partial charge in [0.1, 0.15) is 5.03 Å². The molecule has 0 saturated carbocycles. The lowest BCUT2D eigenvalue weighted by atomic mass is 10.2. The summed E-state index contributed by atoms with van der Waals surface area (Å²) in [5, 5.41) is 12.0. The Bertz CT molecular complexity index is 622. The Morgan fingerprint density at radius 2 is 2.21 bits per heavy atom. The van der Waals surface area contributed by atoms with E-state index in [1.807, 2.05) is 0 Å². The number of pyridine rings is 1. The van der Waals surface area contributed by atoms with Gasteiger partial charge in [-0.1, -0.05) is 23.4 Å². The first-order valence-corrected chi connectivity index (χ1v) is 6.70. The average molecular weight is 296 g/mol. The van der Waals surface area contributed by atoms with Crippen molar-refractivity contribution in [3.8, 4) is 0 Å². The molecule has 1 heterocycles. The van der Waals surface area contributed by atoms with Crippen LogP contribution in [-0.4, -0.2) is 9.91 Å². The molecule has 0 amide bonds. The predicted molar refractivity (Wildman–Crippen MR) is 76.3 cm³/mol. The first-order chi connectivity index (χ1) is 9.08. The number of nitrogens with two attached hydrogens (primary N) is 1. The Hall–Kier alpha value is -1.79. The van der Waals surface area contributed by atoms with E-state index in [2.05, 4.69) is 4.98 Å². The molecule has 2 N–H and O–H groups in total. The van der Waals surface area contributed by atoms with Gasteiger partial charge in [-0.25, -0.2) is 4.98 Å². The second-order valence-corrected chi connectivity index (χ2v) is 5.12. The van der Waals surface area contributed by atoms with Gasteiger partial charge < -0.3 is 5.73 Å². The molecular weight excluding hydrogens is 286 g/mol. The maximum absolute atomic E-state index is 10.9. The maximum Gasteiger partial charge on any atom is 0.273 e. The van der Waals surface area contributed by atoms with Crippen LogP contribution in [0.2, 0.25) is 5.02 Å². The lowest BCUT2D eigenvalue weighted by Gasteiger charge is -2.05. The summed E-state index contributed by atoms with van der Waals surface area (Å²) < 4.78 is 0. The zero-order chi connectivity index (χ0) is 13.8. The van der Waals surface area contributed by atoms with Crippen LogP contribution in [0.15, 0.2) is 41.6 Å². The Morgan fingerprint density at radius 1 is 1.42 bits per heavy atom. The fraction of sp³-hybridized carbons (Fsp3) is 0.0833. The van der Waals surface area contributed by atoms with Gasteiger partial charge >= 0.3 is 0 Å². The Kier molecular flexibility index (Phi) is 4.24. The first-order valence-electron chi connectivity index (χ1n) is 5.34. The average Bonchev–Trinajstić information content (AvgIpc) is 2.37. The molecule has 0 saturated heterocycles. The Balaban J connectivity index is 2.22. The number of hydrogen-bond donors (Lipinski definition) is 1. The van der Waals surface area contributed by atoms with Crippen molar-refractivity contribution in [1.29, 1.82) is 0 Å². The van der Waals surface area contributed by atoms with Crippen LogP contribution in [0.5, 0.6) is 0 Å². The summed E-state index contributed by atoms with van der Waals surface area (Å²) in [5.41, 5.74) is 6.92. The van der Waals surface area contributed by atoms with E-state index in [1.165, 1.54) is 23.9 Å². The number of nitro groups is 1. The summed E-state index contributed by atoms with van der Waals surface area (Å²) in [6.07, 6.45) is 1.63. The molecule has 0 atom stereocenters. The van der Waals surface area contributed by atoms with Crippen LogP contribution in [0.4, 0.5) is 11.4 Å². The second-order valence-electron chi connectivity index (χ2n) is 3.72. The van der Waals surface area contributed by atoms with Crippen LogP contribution in [0.3, 0.4) is 0 Å². The Morgan fingerprint density at radius 3 is 2.89 bits per heavy atom. The minimum Gasteiger partial charge on any atom is -0.397 e. The maximum atomic E-state index is 10.9. The smallest absolute Gasteiger partial charge is 0.273 e. The summed E-state index contributed by atoms with van der Waals surface area (Å²) in [7, 11) is 0. The summed E-state index contributed by atoms with van der Waals surface area (Å²) in [6.45, 7) is 0. The van der Waals surface area contributed by atoms with Crippen molar-refractivity contribution in [3.05, 3.63) is 57.2 Å². The van der Waals surface area contributed by atoms with Gasteiger partial charge in [0.2, 0.25) is 0 Å². The largest absolute Gasteiger partial charge is 0.397 e. The number of nitrogens with zero attached hydrogens (tertiary/aromatic N) is 2. The number of benzene rings is 1. The molecule has 0 unspecified atom stereocenters. The SMILES string of the molecule is Nc1cccnc1SCc1cc(Cl)ccc1[N+](=O)[O-]. The topological polar surface area (TPSA) is 82.0 Å². The van der Waals surface area contributed by atoms with Crippen LogP contribution in [0, 0.1) is 10.1 Å². The molecule has 19 heavy (non-hydrogen) atoms. The molecule has 0 fully saturated rings. The number of halogens is 1. The first kappa shape index (κ1) is 13.6. The van der Waals surface area contributed by atoms with Gasteiger partial charge in [-0.3, -0.25) is 10.1 Å². The van der Waals surface area contributed by atoms with Gasteiger partial charge in [-0.15, -0.1) is 0 Å². The number of nitrogen functional groups attached to an aromatic ring is 1. The highest BCUT2D eigenvalue weighted by atomic mass is 35.5. The van der Waals surface area contributed by atoms with E-state index in [4.69, 9.17) is 17.3 Å². The lowest BCUT2D eigenvalue weighted by Crippen LogP contribution is -1.95. The van der Waals surface area contributed by atoms with Crippen LogP contribution in [0.1, 0.15) is 5.56 Å². The molecule has 2 rings (SSSR count). The highest BCUT2D eigenvalue weighted by Gasteiger charge is 2.14. The third-order valence-corrected chi connectivity index (χ3v) is 3.71. The molecule has 7 heteroatoms. The molecule has 1 aromatic heterocycles. The van der Waals surface area contributed by atoms with Gasteiger partial charge in [0, 0.05) is 28.6 Å². The monoisotopic (exact) mass is 295 g/mol. The molecule has 0 spiro atoms. The molecule has 98 valence electrons. The summed E-state index contributed by atoms with van der Waals surface area (Å²) in [6, 6.07) is 7.97. The van der Waals surface area contributed by atoms with Crippen molar-refractivity contribution in [2.75, 3.05) is 5.73 Å². The zero-order valence-electron chi connectivity index (χ0n) is 9.75. The van der Waals surface area contributed by atoms with Crippen molar-refractivity contribution in [2.45, 2.75) is 10.8 Å². The number of rotatable bonds is 4. The van der Waals surface area contributed by atoms with Crippen molar-refractivity contribution < 1.29 is 4.92 Å². The minimum atomic E-state index is -0.423. The van der Waals surface area contributed by atoms with Gasteiger partial charge in [0.15, 0.2) is 0 Å². The molecule has 0 radical (unpaired) electrons. The van der Waals surface area contributed by atoms with E-state index >= 15 is 0 Å². The highest BCUT2D eigenvalue weighted by Crippen LogP contribution is 2.31. The van der Waals surface area contributed by atoms with Crippen LogP contribution in [-0.2, 0) is 5.75 Å². The normalized spacial score (nSPS) is 10.4. The summed E-state index contributed by atoms with van der Waals surface area (Å²) >= 11 is 7.20. The molecule has 1 aromatic carbocycles. The van der Waals surface area contributed by atoms with Crippen molar-refractivity contribution >= 4 is 34.7 Å². The molecular formula is C12H10ClN3O2S. The Labute approximate surface area is 118 Å².